The molecule has 336 valence electrons. The van der Waals surface area contributed by atoms with E-state index in [2.05, 4.69) is 26.0 Å². The van der Waals surface area contributed by atoms with Crippen LogP contribution in [0.4, 0.5) is 0 Å². The normalized spacial score (nSPS) is 20.3. The van der Waals surface area contributed by atoms with E-state index in [0.717, 1.165) is 51.4 Å². The van der Waals surface area contributed by atoms with Crippen molar-refractivity contribution in [1.82, 2.24) is 0 Å². The molecule has 10 nitrogen and oxygen atoms in total. The summed E-state index contributed by atoms with van der Waals surface area (Å²) in [6.07, 6.45) is 33.6. The SMILES string of the molecule is CCCCCCCCC/C=C\CCCCCCCC(=O)OC(COC(=O)CCCCCCCCCCCCCCCCCC)COC1OC(CO)C(O)C(O)C1O. The van der Waals surface area contributed by atoms with Crippen molar-refractivity contribution in [2.24, 2.45) is 0 Å². The van der Waals surface area contributed by atoms with Crippen LogP contribution in [0.15, 0.2) is 12.2 Å². The molecule has 1 aliphatic rings. The quantitative estimate of drug-likeness (QED) is 0.0267. The maximum absolute atomic E-state index is 12.8. The Morgan fingerprint density at radius 1 is 0.526 bits per heavy atom. The topological polar surface area (TPSA) is 152 Å². The number of hydrogen-bond donors (Lipinski definition) is 4. The molecule has 0 radical (unpaired) electrons. The van der Waals surface area contributed by atoms with Crippen molar-refractivity contribution in [3.05, 3.63) is 12.2 Å². The van der Waals surface area contributed by atoms with Crippen LogP contribution in [-0.2, 0) is 28.5 Å². The molecule has 0 saturated carbocycles. The van der Waals surface area contributed by atoms with Gasteiger partial charge in [-0.25, -0.2) is 0 Å². The van der Waals surface area contributed by atoms with Gasteiger partial charge in [0.25, 0.3) is 0 Å². The van der Waals surface area contributed by atoms with Crippen LogP contribution in [0.3, 0.4) is 0 Å². The molecule has 4 N–H and O–H groups in total. The molecule has 57 heavy (non-hydrogen) atoms. The summed E-state index contributed by atoms with van der Waals surface area (Å²) in [5, 5.41) is 40.1. The number of allylic oxidation sites excluding steroid dienone is 2. The average molecular weight is 813 g/mol. The summed E-state index contributed by atoms with van der Waals surface area (Å²) in [6, 6.07) is 0. The van der Waals surface area contributed by atoms with E-state index in [4.69, 9.17) is 18.9 Å². The second kappa shape index (κ2) is 38.6. The van der Waals surface area contributed by atoms with Crippen molar-refractivity contribution < 1.29 is 49.0 Å². The van der Waals surface area contributed by atoms with Gasteiger partial charge in [-0.2, -0.15) is 0 Å². The van der Waals surface area contributed by atoms with E-state index < -0.39 is 49.4 Å². The molecular formula is C47H88O10. The van der Waals surface area contributed by atoms with Crippen molar-refractivity contribution in [2.45, 2.75) is 256 Å². The summed E-state index contributed by atoms with van der Waals surface area (Å²) >= 11 is 0. The van der Waals surface area contributed by atoms with Gasteiger partial charge in [0.1, 0.15) is 31.0 Å². The van der Waals surface area contributed by atoms with Crippen LogP contribution in [0.1, 0.15) is 219 Å². The predicted octanol–water partition coefficient (Wildman–Crippen LogP) is 10.3. The number of rotatable bonds is 40. The van der Waals surface area contributed by atoms with Gasteiger partial charge in [-0.05, 0) is 38.5 Å². The van der Waals surface area contributed by atoms with Gasteiger partial charge in [-0.15, -0.1) is 0 Å². The number of unbranched alkanes of at least 4 members (excludes halogenated alkanes) is 27. The number of esters is 2. The summed E-state index contributed by atoms with van der Waals surface area (Å²) in [7, 11) is 0. The van der Waals surface area contributed by atoms with Crippen molar-refractivity contribution in [3.63, 3.8) is 0 Å². The van der Waals surface area contributed by atoms with Crippen molar-refractivity contribution >= 4 is 11.9 Å². The lowest BCUT2D eigenvalue weighted by atomic mass is 9.99. The Bertz CT molecular complexity index is 943. The van der Waals surface area contributed by atoms with Crippen LogP contribution in [0.2, 0.25) is 0 Å². The van der Waals surface area contributed by atoms with Gasteiger partial charge in [-0.1, -0.05) is 180 Å². The molecule has 0 aromatic heterocycles. The Hall–Kier alpha value is -1.56. The Morgan fingerprint density at radius 3 is 1.37 bits per heavy atom. The Balaban J connectivity index is 2.30. The van der Waals surface area contributed by atoms with E-state index in [1.54, 1.807) is 0 Å². The number of hydrogen-bond acceptors (Lipinski definition) is 10. The predicted molar refractivity (Wildman–Crippen MR) is 229 cm³/mol. The van der Waals surface area contributed by atoms with Crippen molar-refractivity contribution in [3.8, 4) is 0 Å². The fraction of sp³-hybridized carbons (Fsp3) is 0.915. The first kappa shape index (κ1) is 53.5. The highest BCUT2D eigenvalue weighted by Gasteiger charge is 2.44. The zero-order chi connectivity index (χ0) is 41.6. The molecule has 0 aromatic rings. The minimum Gasteiger partial charge on any atom is -0.462 e. The molecule has 1 heterocycles. The molecule has 0 aromatic carbocycles. The van der Waals surface area contributed by atoms with Gasteiger partial charge in [0, 0.05) is 12.8 Å². The van der Waals surface area contributed by atoms with E-state index in [-0.39, 0.29) is 32.0 Å². The minimum absolute atomic E-state index is 0.215. The van der Waals surface area contributed by atoms with Crippen LogP contribution in [-0.4, -0.2) is 89.0 Å². The minimum atomic E-state index is -1.59. The number of aliphatic hydroxyl groups excluding tert-OH is 4. The van der Waals surface area contributed by atoms with Gasteiger partial charge in [0.15, 0.2) is 12.4 Å². The summed E-state index contributed by atoms with van der Waals surface area (Å²) in [6.45, 7) is 3.44. The van der Waals surface area contributed by atoms with Crippen LogP contribution in [0.5, 0.6) is 0 Å². The first-order chi connectivity index (χ1) is 27.8. The smallest absolute Gasteiger partial charge is 0.306 e. The highest BCUT2D eigenvalue weighted by atomic mass is 16.7. The van der Waals surface area contributed by atoms with Crippen LogP contribution in [0.25, 0.3) is 0 Å². The van der Waals surface area contributed by atoms with E-state index >= 15 is 0 Å². The molecule has 0 bridgehead atoms. The fourth-order valence-electron chi connectivity index (χ4n) is 7.36. The van der Waals surface area contributed by atoms with E-state index in [0.29, 0.717) is 6.42 Å². The molecule has 10 heteroatoms. The maximum atomic E-state index is 12.8. The molecule has 6 unspecified atom stereocenters. The molecule has 1 rings (SSSR count). The van der Waals surface area contributed by atoms with Crippen LogP contribution in [0, 0.1) is 0 Å². The van der Waals surface area contributed by atoms with E-state index in [1.165, 1.54) is 135 Å². The summed E-state index contributed by atoms with van der Waals surface area (Å²) in [5.74, 6) is -0.804. The molecule has 0 spiro atoms. The fourth-order valence-corrected chi connectivity index (χ4v) is 7.36. The summed E-state index contributed by atoms with van der Waals surface area (Å²) in [5.41, 5.74) is 0. The highest BCUT2D eigenvalue weighted by Crippen LogP contribution is 2.23. The molecular weight excluding hydrogens is 725 g/mol. The standard InChI is InChI=1S/C47H88O10/c1-3-5-7-9-11-13-15-17-19-21-23-25-27-29-31-33-35-42(49)54-38-40(39-55-47-46(53)45(52)44(51)41(37-48)57-47)56-43(50)36-34-32-30-28-26-24-22-20-18-16-14-12-10-8-6-4-2/h20,22,40-41,44-48,51-53H,3-19,21,23-39H2,1-2H3/b22-20-. The van der Waals surface area contributed by atoms with Crippen LogP contribution < -0.4 is 0 Å². The summed E-state index contributed by atoms with van der Waals surface area (Å²) < 4.78 is 22.2. The number of carbonyl (C=O) groups is 2. The molecule has 1 saturated heterocycles. The van der Waals surface area contributed by atoms with Crippen molar-refractivity contribution in [1.29, 1.82) is 0 Å². The van der Waals surface area contributed by atoms with E-state index in [9.17, 15) is 30.0 Å². The maximum Gasteiger partial charge on any atom is 0.306 e. The number of ether oxygens (including phenoxy) is 4. The largest absolute Gasteiger partial charge is 0.462 e. The Labute approximate surface area is 348 Å². The lowest BCUT2D eigenvalue weighted by molar-refractivity contribution is -0.305. The molecule has 0 amide bonds. The first-order valence-corrected chi connectivity index (χ1v) is 23.8. The lowest BCUT2D eigenvalue weighted by Gasteiger charge is -2.39. The zero-order valence-electron chi connectivity index (χ0n) is 36.6. The van der Waals surface area contributed by atoms with Crippen molar-refractivity contribution in [2.75, 3.05) is 19.8 Å². The third-order valence-corrected chi connectivity index (χ3v) is 11.2. The number of carbonyl (C=O) groups excluding carboxylic acids is 2. The molecule has 6 atom stereocenters. The summed E-state index contributed by atoms with van der Waals surface area (Å²) in [4.78, 5) is 25.4. The Morgan fingerprint density at radius 2 is 0.930 bits per heavy atom. The average Bonchev–Trinajstić information content (AvgIpc) is 3.21. The monoisotopic (exact) mass is 813 g/mol. The lowest BCUT2D eigenvalue weighted by Crippen LogP contribution is -2.59. The van der Waals surface area contributed by atoms with Gasteiger partial charge < -0.3 is 39.4 Å². The Kier molecular flexibility index (Phi) is 36.2. The second-order valence-electron chi connectivity index (χ2n) is 16.6. The third kappa shape index (κ3) is 30.2. The highest BCUT2D eigenvalue weighted by molar-refractivity contribution is 5.70. The number of aliphatic hydroxyl groups is 4. The molecule has 0 aliphatic carbocycles. The molecule has 1 aliphatic heterocycles. The zero-order valence-corrected chi connectivity index (χ0v) is 36.6. The second-order valence-corrected chi connectivity index (χ2v) is 16.6. The molecule has 1 fully saturated rings. The first-order valence-electron chi connectivity index (χ1n) is 23.8. The van der Waals surface area contributed by atoms with Gasteiger partial charge in [0.2, 0.25) is 0 Å². The third-order valence-electron chi connectivity index (χ3n) is 11.2. The van der Waals surface area contributed by atoms with Gasteiger partial charge in [0.05, 0.1) is 13.2 Å². The van der Waals surface area contributed by atoms with Crippen LogP contribution >= 0.6 is 0 Å². The van der Waals surface area contributed by atoms with Gasteiger partial charge >= 0.3 is 11.9 Å². The van der Waals surface area contributed by atoms with E-state index in [1.807, 2.05) is 0 Å². The van der Waals surface area contributed by atoms with Gasteiger partial charge in [-0.3, -0.25) is 9.59 Å².